The molecule has 0 atom stereocenters. The molecule has 0 amide bonds. The molecule has 0 spiro atoms. The molecule has 0 aliphatic rings. The van der Waals surface area contributed by atoms with Crippen molar-refractivity contribution in [3.05, 3.63) is 199 Å². The lowest BCUT2D eigenvalue weighted by atomic mass is 9.94. The maximum absolute atomic E-state index is 10.6. The molecule has 278 valence electrons. The lowest BCUT2D eigenvalue weighted by Gasteiger charge is -2.16. The van der Waals surface area contributed by atoms with Crippen LogP contribution in [-0.2, 0) is 0 Å². The van der Waals surface area contributed by atoms with Crippen LogP contribution in [0.5, 0.6) is 0 Å². The topological polar surface area (TPSA) is 96.1 Å². The fourth-order valence-electron chi connectivity index (χ4n) is 8.60. The summed E-state index contributed by atoms with van der Waals surface area (Å²) in [5, 5.41) is 25.5. The van der Waals surface area contributed by atoms with Gasteiger partial charge in [-0.25, -0.2) is 15.0 Å². The highest BCUT2D eigenvalue weighted by Gasteiger charge is 2.22. The summed E-state index contributed by atoms with van der Waals surface area (Å²) in [6.45, 7) is 0. The molecule has 60 heavy (non-hydrogen) atoms. The number of nitrogens with zero attached hydrogens (tertiary/aromatic N) is 7. The largest absolute Gasteiger partial charge is 0.309 e. The minimum Gasteiger partial charge on any atom is -0.309 e. The van der Waals surface area contributed by atoms with Gasteiger partial charge in [-0.15, -0.1) is 0 Å². The summed E-state index contributed by atoms with van der Waals surface area (Å²) in [5.41, 5.74) is 10.7. The van der Waals surface area contributed by atoms with Crippen molar-refractivity contribution in [3.63, 3.8) is 0 Å². The fraction of sp³-hybridized carbons (Fsp3) is 0. The average Bonchev–Trinajstić information content (AvgIpc) is 3.84. The van der Waals surface area contributed by atoms with E-state index in [4.69, 9.17) is 15.0 Å². The van der Waals surface area contributed by atoms with Crippen LogP contribution in [0.3, 0.4) is 0 Å². The van der Waals surface area contributed by atoms with Gasteiger partial charge in [-0.05, 0) is 66.2 Å². The minimum absolute atomic E-state index is 0.361. The SMILES string of the molecule is N#Cc1ccc(-n2c3ccccc3c3ccccc32)cc1-c1nc(-c2ccccc2)nc(-c2cc(-n3c4ccccc4c4ccccc43)ccc2-c2ccccc2C#N)n1. The predicted octanol–water partition coefficient (Wildman–Crippen LogP) is 12.5. The summed E-state index contributed by atoms with van der Waals surface area (Å²) in [6.07, 6.45) is 0. The van der Waals surface area contributed by atoms with Crippen LogP contribution in [0.25, 0.3) is 100 Å². The van der Waals surface area contributed by atoms with Gasteiger partial charge < -0.3 is 9.13 Å². The molecule has 3 aromatic heterocycles. The normalized spacial score (nSPS) is 11.3. The van der Waals surface area contributed by atoms with Gasteiger partial charge in [0.25, 0.3) is 0 Å². The highest BCUT2D eigenvalue weighted by molar-refractivity contribution is 6.10. The number of hydrogen-bond acceptors (Lipinski definition) is 5. The Bertz CT molecular complexity index is 3480. The van der Waals surface area contributed by atoms with E-state index >= 15 is 0 Å². The maximum atomic E-state index is 10.6. The number of aromatic nitrogens is 5. The lowest BCUT2D eigenvalue weighted by molar-refractivity contribution is 1.07. The summed E-state index contributed by atoms with van der Waals surface area (Å²) < 4.78 is 4.49. The molecule has 11 rings (SSSR count). The minimum atomic E-state index is 0.361. The van der Waals surface area contributed by atoms with Crippen LogP contribution in [0.4, 0.5) is 0 Å². The molecule has 7 heteroatoms. The van der Waals surface area contributed by atoms with Gasteiger partial charge in [0.1, 0.15) is 0 Å². The Morgan fingerprint density at radius 1 is 0.333 bits per heavy atom. The number of hydrogen-bond donors (Lipinski definition) is 0. The molecule has 0 saturated heterocycles. The summed E-state index contributed by atoms with van der Waals surface area (Å²) in [4.78, 5) is 15.6. The van der Waals surface area contributed by atoms with Gasteiger partial charge in [-0.2, -0.15) is 10.5 Å². The van der Waals surface area contributed by atoms with Gasteiger partial charge in [0, 0.05) is 55.2 Å². The zero-order valence-corrected chi connectivity index (χ0v) is 32.0. The molecule has 11 aromatic rings. The second-order valence-electron chi connectivity index (χ2n) is 14.6. The third-order valence-electron chi connectivity index (χ3n) is 11.3. The van der Waals surface area contributed by atoms with Gasteiger partial charge >= 0.3 is 0 Å². The van der Waals surface area contributed by atoms with Crippen molar-refractivity contribution in [2.45, 2.75) is 0 Å². The van der Waals surface area contributed by atoms with Gasteiger partial charge in [0.05, 0.1) is 45.3 Å². The number of fused-ring (bicyclic) bond motifs is 6. The molecule has 0 fully saturated rings. The zero-order valence-electron chi connectivity index (χ0n) is 32.0. The molecule has 0 aliphatic carbocycles. The summed E-state index contributed by atoms with van der Waals surface area (Å²) in [5.74, 6) is 1.23. The van der Waals surface area contributed by atoms with Crippen LogP contribution in [0.1, 0.15) is 11.1 Å². The molecule has 0 unspecified atom stereocenters. The first-order valence-corrected chi connectivity index (χ1v) is 19.7. The Labute approximate surface area is 345 Å². The molecular formula is C53H31N7. The van der Waals surface area contributed by atoms with Crippen molar-refractivity contribution in [1.82, 2.24) is 24.1 Å². The lowest BCUT2D eigenvalue weighted by Crippen LogP contribution is -2.04. The molecule has 0 radical (unpaired) electrons. The second-order valence-corrected chi connectivity index (χ2v) is 14.6. The average molecular weight is 766 g/mol. The molecule has 8 aromatic carbocycles. The third kappa shape index (κ3) is 5.54. The maximum Gasteiger partial charge on any atom is 0.165 e. The van der Waals surface area contributed by atoms with Crippen LogP contribution in [0.2, 0.25) is 0 Å². The first-order valence-electron chi connectivity index (χ1n) is 19.7. The Hall–Kier alpha value is -8.65. The van der Waals surface area contributed by atoms with Crippen molar-refractivity contribution in [3.8, 4) is 68.8 Å². The van der Waals surface area contributed by atoms with Crippen LogP contribution >= 0.6 is 0 Å². The van der Waals surface area contributed by atoms with E-state index in [0.717, 1.165) is 77.2 Å². The number of rotatable bonds is 6. The van der Waals surface area contributed by atoms with Crippen LogP contribution in [0, 0.1) is 22.7 Å². The molecule has 0 aliphatic heterocycles. The van der Waals surface area contributed by atoms with E-state index in [1.165, 1.54) is 0 Å². The van der Waals surface area contributed by atoms with Crippen LogP contribution < -0.4 is 0 Å². The van der Waals surface area contributed by atoms with Crippen LogP contribution in [-0.4, -0.2) is 24.1 Å². The second kappa shape index (κ2) is 14.1. The van der Waals surface area contributed by atoms with Gasteiger partial charge in [-0.3, -0.25) is 0 Å². The molecule has 0 N–H and O–H groups in total. The van der Waals surface area contributed by atoms with E-state index in [1.54, 1.807) is 0 Å². The molecular weight excluding hydrogens is 735 g/mol. The first-order chi connectivity index (χ1) is 29.7. The van der Waals surface area contributed by atoms with Crippen molar-refractivity contribution >= 4 is 43.6 Å². The van der Waals surface area contributed by atoms with E-state index < -0.39 is 0 Å². The van der Waals surface area contributed by atoms with E-state index in [9.17, 15) is 10.5 Å². The van der Waals surface area contributed by atoms with E-state index in [0.29, 0.717) is 34.2 Å². The van der Waals surface area contributed by atoms with E-state index in [1.807, 2.05) is 84.9 Å². The Morgan fingerprint density at radius 3 is 1.30 bits per heavy atom. The predicted molar refractivity (Wildman–Crippen MR) is 240 cm³/mol. The summed E-state index contributed by atoms with van der Waals surface area (Å²) >= 11 is 0. The molecule has 0 saturated carbocycles. The standard InChI is InChI=1S/C53H31N7/c54-32-35-16-4-5-17-39(35)40-29-28-38(60-49-24-12-8-20-43(49)44-21-9-13-25-50(44)60)31-46(40)53-57-51(34-14-2-1-3-15-34)56-52(58-53)45-30-37(27-26-36(45)33-55)59-47-22-10-6-18-41(47)42-19-7-11-23-48(42)59/h1-31H. The highest BCUT2D eigenvalue weighted by atomic mass is 15.0. The Kier molecular flexibility index (Phi) is 8.11. The fourth-order valence-corrected chi connectivity index (χ4v) is 8.60. The smallest absolute Gasteiger partial charge is 0.165 e. The highest BCUT2D eigenvalue weighted by Crippen LogP contribution is 2.40. The molecule has 0 bridgehead atoms. The molecule has 7 nitrogen and oxygen atoms in total. The first kappa shape index (κ1) is 34.6. The van der Waals surface area contributed by atoms with Crippen molar-refractivity contribution in [1.29, 1.82) is 10.5 Å². The quantitative estimate of drug-likeness (QED) is 0.168. The summed E-state index contributed by atoms with van der Waals surface area (Å²) in [6, 6.07) is 67.9. The van der Waals surface area contributed by atoms with E-state index in [2.05, 4.69) is 124 Å². The number of benzene rings is 8. The monoisotopic (exact) mass is 765 g/mol. The van der Waals surface area contributed by atoms with Crippen LogP contribution in [0.15, 0.2) is 188 Å². The van der Waals surface area contributed by atoms with E-state index in [-0.39, 0.29) is 0 Å². The van der Waals surface area contributed by atoms with Gasteiger partial charge in [0.15, 0.2) is 17.5 Å². The number of nitriles is 2. The van der Waals surface area contributed by atoms with Crippen molar-refractivity contribution in [2.24, 2.45) is 0 Å². The Morgan fingerprint density at radius 2 is 0.750 bits per heavy atom. The Balaban J connectivity index is 1.20. The third-order valence-corrected chi connectivity index (χ3v) is 11.3. The van der Waals surface area contributed by atoms with Crippen molar-refractivity contribution in [2.75, 3.05) is 0 Å². The van der Waals surface area contributed by atoms with Gasteiger partial charge in [-0.1, -0.05) is 127 Å². The van der Waals surface area contributed by atoms with Gasteiger partial charge in [0.2, 0.25) is 0 Å². The zero-order chi connectivity index (χ0) is 40.2. The molecule has 3 heterocycles. The number of para-hydroxylation sites is 4. The summed E-state index contributed by atoms with van der Waals surface area (Å²) in [7, 11) is 0. The van der Waals surface area contributed by atoms with Crippen molar-refractivity contribution < 1.29 is 0 Å².